The van der Waals surface area contributed by atoms with Gasteiger partial charge in [0.05, 0.1) is 31.3 Å². The molecule has 0 spiro atoms. The summed E-state index contributed by atoms with van der Waals surface area (Å²) in [7, 11) is 1.58. The van der Waals surface area contributed by atoms with Crippen molar-refractivity contribution in [2.24, 2.45) is 23.2 Å². The molecule has 1 aliphatic carbocycles. The summed E-state index contributed by atoms with van der Waals surface area (Å²) in [5.41, 5.74) is 0.352. The molecule has 0 bridgehead atoms. The van der Waals surface area contributed by atoms with Gasteiger partial charge in [-0.1, -0.05) is 54.2 Å². The normalized spacial score (nSPS) is 23.9. The number of methoxy groups -OCH3 is 1. The van der Waals surface area contributed by atoms with E-state index in [1.165, 1.54) is 4.90 Å². The molecule has 2 fully saturated rings. The van der Waals surface area contributed by atoms with Gasteiger partial charge in [0.15, 0.2) is 0 Å². The van der Waals surface area contributed by atoms with Gasteiger partial charge in [0, 0.05) is 17.9 Å². The first-order chi connectivity index (χ1) is 23.1. The van der Waals surface area contributed by atoms with Gasteiger partial charge in [0.1, 0.15) is 35.2 Å². The minimum Gasteiger partial charge on any atom is -0.497 e. The monoisotopic (exact) mass is 678 g/mol. The first-order valence-corrected chi connectivity index (χ1v) is 17.4. The number of fused-ring (bicyclic) bond motifs is 1. The third-order valence-electron chi connectivity index (χ3n) is 9.49. The van der Waals surface area contributed by atoms with E-state index in [-0.39, 0.29) is 30.9 Å². The van der Waals surface area contributed by atoms with Crippen LogP contribution in [-0.2, 0) is 19.1 Å². The van der Waals surface area contributed by atoms with Crippen LogP contribution in [0.3, 0.4) is 0 Å². The van der Waals surface area contributed by atoms with Crippen molar-refractivity contribution in [2.75, 3.05) is 20.3 Å². The lowest BCUT2D eigenvalue weighted by atomic mass is 9.85. The molecule has 49 heavy (non-hydrogen) atoms. The summed E-state index contributed by atoms with van der Waals surface area (Å²) in [5, 5.41) is 2.87. The number of ether oxygens (including phenoxy) is 4. The largest absolute Gasteiger partial charge is 0.497 e. The van der Waals surface area contributed by atoms with Crippen molar-refractivity contribution in [1.82, 2.24) is 20.2 Å². The molecule has 0 radical (unpaired) electrons. The third-order valence-corrected chi connectivity index (χ3v) is 9.49. The quantitative estimate of drug-likeness (QED) is 0.124. The van der Waals surface area contributed by atoms with Crippen molar-refractivity contribution < 1.29 is 33.3 Å². The van der Waals surface area contributed by atoms with Gasteiger partial charge in [-0.2, -0.15) is 0 Å². The molecule has 2 aromatic rings. The molecule has 2 unspecified atom stereocenters. The molecule has 2 aliphatic rings. The molecule has 11 heteroatoms. The lowest BCUT2D eigenvalue weighted by molar-refractivity contribution is -0.157. The molecule has 1 saturated carbocycles. The molecule has 268 valence electrons. The fourth-order valence-electron chi connectivity index (χ4n) is 6.52. The predicted octanol–water partition coefficient (Wildman–Crippen LogP) is 6.74. The lowest BCUT2D eigenvalue weighted by Gasteiger charge is -2.35. The van der Waals surface area contributed by atoms with Crippen LogP contribution in [0, 0.1) is 23.2 Å². The van der Waals surface area contributed by atoms with Crippen LogP contribution in [0.4, 0.5) is 4.79 Å². The van der Waals surface area contributed by atoms with Gasteiger partial charge in [-0.25, -0.2) is 19.6 Å². The number of likely N-dealkylation sites (tertiary alicyclic amines) is 1. The molecule has 1 aromatic heterocycles. The minimum absolute atomic E-state index is 0.0690. The maximum absolute atomic E-state index is 14.6. The summed E-state index contributed by atoms with van der Waals surface area (Å²) < 4.78 is 23.5. The number of aromatic nitrogens is 2. The van der Waals surface area contributed by atoms with Crippen LogP contribution in [-0.4, -0.2) is 76.9 Å². The maximum atomic E-state index is 14.6. The van der Waals surface area contributed by atoms with E-state index in [1.54, 1.807) is 31.4 Å². The van der Waals surface area contributed by atoms with Crippen molar-refractivity contribution >= 4 is 35.1 Å². The fourth-order valence-corrected chi connectivity index (χ4v) is 6.52. The zero-order chi connectivity index (χ0) is 36.1. The third kappa shape index (κ3) is 8.91. The summed E-state index contributed by atoms with van der Waals surface area (Å²) >= 11 is 0. The number of benzene rings is 1. The number of nitrogens with zero attached hydrogens (tertiary/aromatic N) is 3. The SMILES string of the molecule is C=CCCCC1CC1(C)OC(=O)N[C@H](C(=O)N1C[C@H](Oc2nc3cc(OC)ccc3nc2C=C)[C@@H](CC)[C@H]1C(=O)OCC(C)C)C(C)(C)C. The van der Waals surface area contributed by atoms with Gasteiger partial charge >= 0.3 is 12.1 Å². The van der Waals surface area contributed by atoms with E-state index in [1.807, 2.05) is 54.5 Å². The Morgan fingerprint density at radius 2 is 1.90 bits per heavy atom. The van der Waals surface area contributed by atoms with Crippen molar-refractivity contribution in [1.29, 1.82) is 0 Å². The fraction of sp³-hybridized carbons (Fsp3) is 0.605. The topological polar surface area (TPSA) is 129 Å². The molecule has 1 aliphatic heterocycles. The first kappa shape index (κ1) is 37.7. The highest BCUT2D eigenvalue weighted by atomic mass is 16.6. The van der Waals surface area contributed by atoms with Gasteiger partial charge in [0.2, 0.25) is 11.8 Å². The molecule has 2 heterocycles. The standard InChI is InChI=1S/C38H54N4O7/c1-11-14-15-16-24-20-38(24,9)49-36(45)41-32(37(6,7)8)34(43)42-21-30(26(12-2)31(42)35(44)47-22-23(4)5)48-33-27(13-3)39-28-18-17-25(46-10)19-29(28)40-33/h11,13,17-19,23-24,26,30-32H,1,3,12,14-16,20-22H2,2,4-10H3,(H,41,45)/t24?,26-,30+,31+,32-,38?/m1/s1. The van der Waals surface area contributed by atoms with Gasteiger partial charge in [0.25, 0.3) is 0 Å². The summed E-state index contributed by atoms with van der Waals surface area (Å²) in [5.74, 6) is -0.137. The average Bonchev–Trinajstić information content (AvgIpc) is 3.53. The van der Waals surface area contributed by atoms with Crippen LogP contribution in [0.25, 0.3) is 17.1 Å². The van der Waals surface area contributed by atoms with Crippen LogP contribution in [0.15, 0.2) is 37.4 Å². The van der Waals surface area contributed by atoms with E-state index in [9.17, 15) is 14.4 Å². The molecule has 6 atom stereocenters. The number of alkyl carbamates (subject to hydrolysis) is 1. The van der Waals surface area contributed by atoms with Crippen molar-refractivity contribution in [3.8, 4) is 11.6 Å². The first-order valence-electron chi connectivity index (χ1n) is 17.4. The predicted molar refractivity (Wildman–Crippen MR) is 189 cm³/mol. The molecular weight excluding hydrogens is 624 g/mol. The zero-order valence-corrected chi connectivity index (χ0v) is 30.4. The molecule has 2 amide bonds. The van der Waals surface area contributed by atoms with Crippen LogP contribution >= 0.6 is 0 Å². The van der Waals surface area contributed by atoms with Gasteiger partial charge in [-0.3, -0.25) is 4.79 Å². The molecule has 4 rings (SSSR count). The van der Waals surface area contributed by atoms with E-state index in [4.69, 9.17) is 23.9 Å². The van der Waals surface area contributed by atoms with Crippen molar-refractivity contribution in [2.45, 2.75) is 104 Å². The van der Waals surface area contributed by atoms with Crippen LogP contribution in [0.5, 0.6) is 11.6 Å². The Labute approximate surface area is 290 Å². The van der Waals surface area contributed by atoms with Gasteiger partial charge in [-0.15, -0.1) is 6.58 Å². The number of hydrogen-bond acceptors (Lipinski definition) is 9. The second-order valence-corrected chi connectivity index (χ2v) is 14.9. The van der Waals surface area contributed by atoms with Gasteiger partial charge in [-0.05, 0) is 68.6 Å². The second kappa shape index (κ2) is 15.6. The number of unbranched alkanes of at least 4 members (excludes halogenated alkanes) is 1. The summed E-state index contributed by atoms with van der Waals surface area (Å²) in [6.07, 6.45) is 6.29. The number of amides is 2. The highest BCUT2D eigenvalue weighted by Gasteiger charge is 2.55. The Bertz CT molecular complexity index is 1540. The van der Waals surface area contributed by atoms with Crippen molar-refractivity contribution in [3.05, 3.63) is 43.1 Å². The molecule has 1 aromatic carbocycles. The average molecular weight is 679 g/mol. The lowest BCUT2D eigenvalue weighted by Crippen LogP contribution is -2.57. The second-order valence-electron chi connectivity index (χ2n) is 14.9. The molecular formula is C38H54N4O7. The summed E-state index contributed by atoms with van der Waals surface area (Å²) in [6, 6.07) is 3.44. The number of nitrogens with one attached hydrogen (secondary N) is 1. The summed E-state index contributed by atoms with van der Waals surface area (Å²) in [6.45, 7) is 21.3. The number of allylic oxidation sites excluding steroid dienone is 1. The maximum Gasteiger partial charge on any atom is 0.408 e. The van der Waals surface area contributed by atoms with Crippen LogP contribution in [0.1, 0.15) is 86.3 Å². The van der Waals surface area contributed by atoms with Crippen LogP contribution < -0.4 is 14.8 Å². The Kier molecular flexibility index (Phi) is 12.0. The Morgan fingerprint density at radius 1 is 1.16 bits per heavy atom. The smallest absolute Gasteiger partial charge is 0.408 e. The van der Waals surface area contributed by atoms with Crippen molar-refractivity contribution in [3.63, 3.8) is 0 Å². The Morgan fingerprint density at radius 3 is 2.51 bits per heavy atom. The van der Waals surface area contributed by atoms with E-state index in [0.717, 1.165) is 25.7 Å². The van der Waals surface area contributed by atoms with E-state index >= 15 is 0 Å². The molecule has 11 nitrogen and oxygen atoms in total. The molecule has 1 saturated heterocycles. The zero-order valence-electron chi connectivity index (χ0n) is 30.4. The van der Waals surface area contributed by atoms with E-state index in [2.05, 4.69) is 23.5 Å². The Hall–Kier alpha value is -4.15. The van der Waals surface area contributed by atoms with Crippen LogP contribution in [0.2, 0.25) is 0 Å². The number of hydrogen-bond donors (Lipinski definition) is 1. The number of esters is 1. The van der Waals surface area contributed by atoms with Gasteiger partial charge < -0.3 is 29.2 Å². The highest BCUT2D eigenvalue weighted by Crippen LogP contribution is 2.49. The minimum atomic E-state index is -0.991. The highest BCUT2D eigenvalue weighted by molar-refractivity contribution is 5.91. The number of rotatable bonds is 15. The number of carbonyl (C=O) groups excluding carboxylic acids is 3. The number of carbonyl (C=O) groups is 3. The van der Waals surface area contributed by atoms with E-state index < -0.39 is 53.1 Å². The Balaban J connectivity index is 1.62. The molecule has 1 N–H and O–H groups in total. The summed E-state index contributed by atoms with van der Waals surface area (Å²) in [4.78, 5) is 52.6. The van der Waals surface area contributed by atoms with E-state index in [0.29, 0.717) is 28.9 Å².